The van der Waals surface area contributed by atoms with E-state index >= 15 is 0 Å². The summed E-state index contributed by atoms with van der Waals surface area (Å²) in [5, 5.41) is 10.7. The molecule has 0 aliphatic carbocycles. The summed E-state index contributed by atoms with van der Waals surface area (Å²) in [4.78, 5) is 35.4. The normalized spacial score (nSPS) is 14.6. The topological polar surface area (TPSA) is 106 Å². The summed E-state index contributed by atoms with van der Waals surface area (Å²) in [6.07, 6.45) is 1.77. The van der Waals surface area contributed by atoms with Gasteiger partial charge >= 0.3 is 0 Å². The van der Waals surface area contributed by atoms with Crippen LogP contribution >= 0.6 is 11.3 Å². The molecule has 2 heterocycles. The molecule has 1 atom stereocenters. The van der Waals surface area contributed by atoms with Gasteiger partial charge in [0, 0.05) is 18.7 Å². The number of allylic oxidation sites excluding steroid dienone is 1. The zero-order valence-corrected chi connectivity index (χ0v) is 25.5. The molecule has 1 aromatic heterocycles. The van der Waals surface area contributed by atoms with E-state index in [0.29, 0.717) is 56.5 Å². The van der Waals surface area contributed by atoms with Gasteiger partial charge in [0.2, 0.25) is 0 Å². The largest absolute Gasteiger partial charge is 0.496 e. The summed E-state index contributed by atoms with van der Waals surface area (Å²) in [5.41, 5.74) is 2.17. The van der Waals surface area contributed by atoms with E-state index in [1.807, 2.05) is 63.2 Å². The first-order chi connectivity index (χ1) is 20.9. The van der Waals surface area contributed by atoms with Crippen molar-refractivity contribution in [3.05, 3.63) is 96.7 Å². The van der Waals surface area contributed by atoms with Crippen LogP contribution in [0, 0.1) is 11.3 Å². The number of carbonyl (C=O) groups excluding carboxylic acids is 1. The SMILES string of the molecule is CCN(CC)C(=O)C1=C(C)N=c2s/c(=C/c3ccc(OCC#N)c(OC)c3)c(=O)n2[C@@H]1c1c(OC)ccc2ccccc12. The predicted molar refractivity (Wildman–Crippen MR) is 166 cm³/mol. The molecule has 0 N–H and O–H groups in total. The highest BCUT2D eigenvalue weighted by molar-refractivity contribution is 7.07. The molecule has 5 rings (SSSR count). The lowest BCUT2D eigenvalue weighted by Gasteiger charge is -2.30. The Labute approximate surface area is 253 Å². The summed E-state index contributed by atoms with van der Waals surface area (Å²) in [7, 11) is 3.11. The summed E-state index contributed by atoms with van der Waals surface area (Å²) < 4.78 is 18.8. The number of thiazole rings is 1. The number of nitrogens with zero attached hydrogens (tertiary/aromatic N) is 4. The second-order valence-corrected chi connectivity index (χ2v) is 10.8. The van der Waals surface area contributed by atoms with E-state index in [0.717, 1.165) is 16.3 Å². The lowest BCUT2D eigenvalue weighted by Crippen LogP contribution is -2.43. The van der Waals surface area contributed by atoms with Crippen LogP contribution in [0.4, 0.5) is 0 Å². The van der Waals surface area contributed by atoms with Crippen molar-refractivity contribution in [2.45, 2.75) is 26.8 Å². The molecule has 9 nitrogen and oxygen atoms in total. The molecular weight excluding hydrogens is 564 g/mol. The number of likely N-dealkylation sites (N-methyl/N-ethyl adjacent to an activating group) is 1. The lowest BCUT2D eigenvalue weighted by atomic mass is 9.90. The van der Waals surface area contributed by atoms with Crippen molar-refractivity contribution < 1.29 is 19.0 Å². The van der Waals surface area contributed by atoms with Crippen molar-refractivity contribution in [2.24, 2.45) is 4.99 Å². The number of nitriles is 1. The Morgan fingerprint density at radius 1 is 1.07 bits per heavy atom. The van der Waals surface area contributed by atoms with E-state index in [1.165, 1.54) is 18.4 Å². The number of aromatic nitrogens is 1. The monoisotopic (exact) mass is 596 g/mol. The van der Waals surface area contributed by atoms with Crippen LogP contribution in [0.2, 0.25) is 0 Å². The molecule has 1 aliphatic rings. The highest BCUT2D eigenvalue weighted by atomic mass is 32.1. The van der Waals surface area contributed by atoms with E-state index in [4.69, 9.17) is 24.5 Å². The van der Waals surface area contributed by atoms with Gasteiger partial charge in [-0.2, -0.15) is 5.26 Å². The van der Waals surface area contributed by atoms with E-state index in [1.54, 1.807) is 40.9 Å². The fourth-order valence-electron chi connectivity index (χ4n) is 5.44. The van der Waals surface area contributed by atoms with Crippen molar-refractivity contribution in [1.29, 1.82) is 5.26 Å². The third kappa shape index (κ3) is 5.40. The molecular formula is C33H32N4O5S. The molecule has 4 aromatic rings. The lowest BCUT2D eigenvalue weighted by molar-refractivity contribution is -0.127. The Bertz CT molecular complexity index is 1960. The van der Waals surface area contributed by atoms with Crippen LogP contribution in [0.1, 0.15) is 37.9 Å². The Morgan fingerprint density at radius 2 is 1.79 bits per heavy atom. The van der Waals surface area contributed by atoms with Gasteiger partial charge in [-0.1, -0.05) is 47.7 Å². The minimum absolute atomic E-state index is 0.111. The van der Waals surface area contributed by atoms with E-state index < -0.39 is 6.04 Å². The Morgan fingerprint density at radius 3 is 2.49 bits per heavy atom. The molecule has 43 heavy (non-hydrogen) atoms. The standard InChI is InChI=1S/C33H32N4O5S/c1-6-36(7-2)32(39)28-20(3)35-33-37(30(28)29-23-11-9-8-10-22(23)13-15-25(29)40-4)31(38)27(43-33)19-21-12-14-24(42-17-16-34)26(18-21)41-5/h8-15,18-19,30H,6-7,17H2,1-5H3/b27-19+/t30-/m0/s1. The number of rotatable bonds is 9. The Kier molecular flexibility index (Phi) is 8.64. The number of methoxy groups -OCH3 is 2. The first-order valence-corrected chi connectivity index (χ1v) is 14.7. The molecule has 3 aromatic carbocycles. The number of carbonyl (C=O) groups is 1. The van der Waals surface area contributed by atoms with Crippen molar-refractivity contribution in [3.63, 3.8) is 0 Å². The number of fused-ring (bicyclic) bond motifs is 2. The van der Waals surface area contributed by atoms with Crippen molar-refractivity contribution in [1.82, 2.24) is 9.47 Å². The van der Waals surface area contributed by atoms with Gasteiger partial charge in [0.25, 0.3) is 11.5 Å². The molecule has 0 unspecified atom stereocenters. The fraction of sp³-hybridized carbons (Fsp3) is 0.273. The van der Waals surface area contributed by atoms with Crippen LogP contribution in [-0.2, 0) is 4.79 Å². The van der Waals surface area contributed by atoms with Gasteiger partial charge in [-0.15, -0.1) is 0 Å². The molecule has 0 fully saturated rings. The molecule has 220 valence electrons. The van der Waals surface area contributed by atoms with Gasteiger partial charge < -0.3 is 19.1 Å². The Hall–Kier alpha value is -4.88. The maximum absolute atomic E-state index is 14.3. The molecule has 0 bridgehead atoms. The van der Waals surface area contributed by atoms with Crippen molar-refractivity contribution >= 4 is 34.1 Å². The zero-order chi connectivity index (χ0) is 30.7. The molecule has 1 amide bonds. The van der Waals surface area contributed by atoms with Crippen molar-refractivity contribution in [3.8, 4) is 23.3 Å². The molecule has 1 aliphatic heterocycles. The number of ether oxygens (including phenoxy) is 3. The van der Waals surface area contributed by atoms with Gasteiger partial charge in [-0.25, -0.2) is 4.99 Å². The second kappa shape index (κ2) is 12.5. The smallest absolute Gasteiger partial charge is 0.271 e. The first-order valence-electron chi connectivity index (χ1n) is 13.9. The maximum atomic E-state index is 14.3. The molecule has 0 spiro atoms. The van der Waals surface area contributed by atoms with Crippen molar-refractivity contribution in [2.75, 3.05) is 33.9 Å². The van der Waals surface area contributed by atoms with Gasteiger partial charge in [0.05, 0.1) is 30.0 Å². The van der Waals surface area contributed by atoms with E-state index in [9.17, 15) is 9.59 Å². The van der Waals surface area contributed by atoms with Gasteiger partial charge in [-0.3, -0.25) is 14.2 Å². The highest BCUT2D eigenvalue weighted by Crippen LogP contribution is 2.40. The number of amides is 1. The Balaban J connectivity index is 1.78. The van der Waals surface area contributed by atoms with E-state index in [-0.39, 0.29) is 18.1 Å². The second-order valence-electron chi connectivity index (χ2n) is 9.82. The van der Waals surface area contributed by atoms with Gasteiger partial charge in [-0.05, 0) is 61.4 Å². The minimum Gasteiger partial charge on any atom is -0.496 e. The number of hydrogen-bond donors (Lipinski definition) is 0. The number of hydrogen-bond acceptors (Lipinski definition) is 8. The van der Waals surface area contributed by atoms with Crippen LogP contribution in [0.5, 0.6) is 17.2 Å². The van der Waals surface area contributed by atoms with Crippen LogP contribution in [0.25, 0.3) is 16.8 Å². The average molecular weight is 597 g/mol. The summed E-state index contributed by atoms with van der Waals surface area (Å²) in [5.74, 6) is 1.28. The quantitative estimate of drug-likeness (QED) is 0.287. The van der Waals surface area contributed by atoms with Gasteiger partial charge in [0.15, 0.2) is 22.9 Å². The zero-order valence-electron chi connectivity index (χ0n) is 24.7. The molecule has 0 radical (unpaired) electrons. The third-order valence-electron chi connectivity index (χ3n) is 7.50. The fourth-order valence-corrected chi connectivity index (χ4v) is 6.49. The van der Waals surface area contributed by atoms with Crippen LogP contribution in [0.3, 0.4) is 0 Å². The highest BCUT2D eigenvalue weighted by Gasteiger charge is 2.36. The molecule has 10 heteroatoms. The van der Waals surface area contributed by atoms with E-state index in [2.05, 4.69) is 0 Å². The third-order valence-corrected chi connectivity index (χ3v) is 8.49. The number of benzene rings is 3. The summed E-state index contributed by atoms with van der Waals surface area (Å²) in [6, 6.07) is 18.2. The summed E-state index contributed by atoms with van der Waals surface area (Å²) >= 11 is 1.26. The maximum Gasteiger partial charge on any atom is 0.271 e. The average Bonchev–Trinajstić information content (AvgIpc) is 3.33. The van der Waals surface area contributed by atoms with Crippen LogP contribution in [0.15, 0.2) is 75.7 Å². The van der Waals surface area contributed by atoms with Crippen LogP contribution in [-0.4, -0.2) is 49.3 Å². The van der Waals surface area contributed by atoms with Gasteiger partial charge in [0.1, 0.15) is 17.9 Å². The summed E-state index contributed by atoms with van der Waals surface area (Å²) in [6.45, 7) is 6.62. The molecule has 0 saturated heterocycles. The van der Waals surface area contributed by atoms with Crippen LogP contribution < -0.4 is 29.1 Å². The first kappa shape index (κ1) is 29.6. The predicted octanol–water partition coefficient (Wildman–Crippen LogP) is 4.18. The minimum atomic E-state index is -0.760. The molecule has 0 saturated carbocycles.